The van der Waals surface area contributed by atoms with Gasteiger partial charge in [0.05, 0.1) is 5.69 Å². The highest BCUT2D eigenvalue weighted by Crippen LogP contribution is 2.46. The largest absolute Gasteiger partial charge is 0.347 e. The molecule has 2 fully saturated rings. The zero-order chi connectivity index (χ0) is 23.1. The van der Waals surface area contributed by atoms with Crippen LogP contribution in [0.25, 0.3) is 27.3 Å². The van der Waals surface area contributed by atoms with Crippen molar-refractivity contribution in [2.75, 3.05) is 37.6 Å². The zero-order valence-corrected chi connectivity index (χ0v) is 21.3. The number of H-pyrrole nitrogens is 1. The van der Waals surface area contributed by atoms with Crippen LogP contribution in [-0.2, 0) is 0 Å². The molecule has 7 nitrogen and oxygen atoms in total. The standard InChI is InChI=1S/C25H33N7S/c1-14(2)7-30-9-25(10-30)11-31(12-25)24-29-21-19(15(3)4)20(28-23(21)33-24)18-8-32-22(26-13-27-32)17(6)16(18)5/h8,13-15,28H,7,9-12H2,1-6H3. The molecule has 6 rings (SSSR count). The van der Waals surface area contributed by atoms with Crippen LogP contribution in [0.1, 0.15) is 50.3 Å². The maximum Gasteiger partial charge on any atom is 0.187 e. The molecule has 1 spiro atoms. The van der Waals surface area contributed by atoms with Crippen LogP contribution < -0.4 is 4.90 Å². The fraction of sp³-hybridized carbons (Fsp3) is 0.560. The van der Waals surface area contributed by atoms with Crippen molar-refractivity contribution in [3.63, 3.8) is 0 Å². The summed E-state index contributed by atoms with van der Waals surface area (Å²) >= 11 is 1.80. The van der Waals surface area contributed by atoms with Crippen LogP contribution >= 0.6 is 11.3 Å². The SMILES string of the molecule is Cc1c(-c2[nH]c3sc(N4CC5(CN(CC(C)C)C5)C4)nc3c2C(C)C)cn2ncnc2c1C. The lowest BCUT2D eigenvalue weighted by molar-refractivity contribution is -0.0279. The van der Waals surface area contributed by atoms with E-state index in [0.29, 0.717) is 11.3 Å². The third-order valence-electron chi connectivity index (χ3n) is 7.42. The second-order valence-electron chi connectivity index (χ2n) is 11.0. The molecule has 0 radical (unpaired) electrons. The van der Waals surface area contributed by atoms with Gasteiger partial charge in [-0.25, -0.2) is 14.5 Å². The van der Waals surface area contributed by atoms with E-state index in [4.69, 9.17) is 4.98 Å². The summed E-state index contributed by atoms with van der Waals surface area (Å²) in [6, 6.07) is 0. The molecule has 8 heteroatoms. The van der Waals surface area contributed by atoms with Gasteiger partial charge in [-0.1, -0.05) is 39.0 Å². The van der Waals surface area contributed by atoms with Gasteiger partial charge in [0.15, 0.2) is 10.8 Å². The molecule has 0 bridgehead atoms. The van der Waals surface area contributed by atoms with E-state index in [-0.39, 0.29) is 0 Å². The average Bonchev–Trinajstić information content (AvgIpc) is 3.38. The van der Waals surface area contributed by atoms with E-state index in [0.717, 1.165) is 35.3 Å². The summed E-state index contributed by atoms with van der Waals surface area (Å²) in [5, 5.41) is 5.56. The summed E-state index contributed by atoms with van der Waals surface area (Å²) in [5.74, 6) is 1.12. The molecule has 2 aliphatic heterocycles. The third kappa shape index (κ3) is 3.21. The van der Waals surface area contributed by atoms with Crippen LogP contribution in [0.3, 0.4) is 0 Å². The zero-order valence-electron chi connectivity index (χ0n) is 20.4. The van der Waals surface area contributed by atoms with Gasteiger partial charge < -0.3 is 14.8 Å². The molecule has 174 valence electrons. The Morgan fingerprint density at radius 3 is 2.55 bits per heavy atom. The molecule has 1 N–H and O–H groups in total. The number of likely N-dealkylation sites (tertiary alicyclic amines) is 1. The predicted octanol–water partition coefficient (Wildman–Crippen LogP) is 4.85. The maximum atomic E-state index is 5.16. The Bertz CT molecular complexity index is 1340. The van der Waals surface area contributed by atoms with E-state index >= 15 is 0 Å². The van der Waals surface area contributed by atoms with Gasteiger partial charge in [-0.05, 0) is 36.8 Å². The number of aromatic nitrogens is 5. The summed E-state index contributed by atoms with van der Waals surface area (Å²) in [5.41, 5.74) is 8.63. The first kappa shape index (κ1) is 21.1. The van der Waals surface area contributed by atoms with E-state index in [1.807, 2.05) is 4.52 Å². The molecule has 33 heavy (non-hydrogen) atoms. The number of anilines is 1. The first-order valence-corrected chi connectivity index (χ1v) is 12.9. The van der Waals surface area contributed by atoms with Crippen molar-refractivity contribution in [3.05, 3.63) is 29.2 Å². The molecule has 0 saturated carbocycles. The highest BCUT2D eigenvalue weighted by atomic mass is 32.1. The summed E-state index contributed by atoms with van der Waals surface area (Å²) in [7, 11) is 0. The van der Waals surface area contributed by atoms with Crippen molar-refractivity contribution >= 4 is 32.5 Å². The molecule has 4 aromatic rings. The van der Waals surface area contributed by atoms with Gasteiger partial charge in [0, 0.05) is 55.5 Å². The average molecular weight is 464 g/mol. The third-order valence-corrected chi connectivity index (χ3v) is 8.45. The molecule has 2 aliphatic rings. The lowest BCUT2D eigenvalue weighted by Gasteiger charge is -2.60. The Labute approximate surface area is 198 Å². The van der Waals surface area contributed by atoms with Crippen LogP contribution in [0, 0.1) is 25.2 Å². The Kier molecular flexibility index (Phi) is 4.65. The molecule has 6 heterocycles. The van der Waals surface area contributed by atoms with E-state index < -0.39 is 0 Å². The van der Waals surface area contributed by atoms with Crippen LogP contribution in [0.15, 0.2) is 12.5 Å². The number of rotatable bonds is 5. The van der Waals surface area contributed by atoms with Crippen LogP contribution in [0.5, 0.6) is 0 Å². The van der Waals surface area contributed by atoms with Gasteiger partial charge in [-0.3, -0.25) is 0 Å². The highest BCUT2D eigenvalue weighted by molar-refractivity contribution is 7.21. The van der Waals surface area contributed by atoms with Crippen molar-refractivity contribution in [2.24, 2.45) is 11.3 Å². The molecule has 0 atom stereocenters. The summed E-state index contributed by atoms with van der Waals surface area (Å²) in [6.45, 7) is 19.4. The molecule has 2 saturated heterocycles. The fourth-order valence-electron chi connectivity index (χ4n) is 5.89. The first-order chi connectivity index (χ1) is 15.7. The summed E-state index contributed by atoms with van der Waals surface area (Å²) in [6.07, 6.45) is 3.73. The fourth-order valence-corrected chi connectivity index (χ4v) is 6.87. The smallest absolute Gasteiger partial charge is 0.187 e. The van der Waals surface area contributed by atoms with E-state index in [9.17, 15) is 0 Å². The Morgan fingerprint density at radius 2 is 1.85 bits per heavy atom. The Morgan fingerprint density at radius 1 is 1.09 bits per heavy atom. The van der Waals surface area contributed by atoms with Crippen molar-refractivity contribution in [2.45, 2.75) is 47.5 Å². The monoisotopic (exact) mass is 463 g/mol. The number of nitrogens with zero attached hydrogens (tertiary/aromatic N) is 6. The predicted molar refractivity (Wildman–Crippen MR) is 135 cm³/mol. The first-order valence-electron chi connectivity index (χ1n) is 12.0. The number of nitrogens with one attached hydrogen (secondary N) is 1. The topological polar surface area (TPSA) is 65.4 Å². The highest BCUT2D eigenvalue weighted by Gasteiger charge is 2.52. The molecular weight excluding hydrogens is 430 g/mol. The van der Waals surface area contributed by atoms with Gasteiger partial charge in [0.2, 0.25) is 0 Å². The lowest BCUT2D eigenvalue weighted by atomic mass is 9.73. The second kappa shape index (κ2) is 7.27. The number of aryl methyl sites for hydroxylation is 1. The molecular formula is C25H33N7S. The normalized spacial score (nSPS) is 18.2. The van der Waals surface area contributed by atoms with Gasteiger partial charge in [0.25, 0.3) is 0 Å². The van der Waals surface area contributed by atoms with E-state index in [2.05, 4.69) is 72.6 Å². The molecule has 0 amide bonds. The van der Waals surface area contributed by atoms with Gasteiger partial charge in [-0.15, -0.1) is 0 Å². The summed E-state index contributed by atoms with van der Waals surface area (Å²) < 4.78 is 1.89. The number of thiazole rings is 1. The molecule has 4 aromatic heterocycles. The number of hydrogen-bond acceptors (Lipinski definition) is 6. The van der Waals surface area contributed by atoms with Crippen molar-refractivity contribution in [1.82, 2.24) is 29.5 Å². The van der Waals surface area contributed by atoms with Gasteiger partial charge in [0.1, 0.15) is 16.7 Å². The number of aromatic amines is 1. The van der Waals surface area contributed by atoms with Crippen LogP contribution in [0.2, 0.25) is 0 Å². The minimum atomic E-state index is 0.369. The number of pyridine rings is 1. The van der Waals surface area contributed by atoms with Crippen LogP contribution in [0.4, 0.5) is 5.13 Å². The quantitative estimate of drug-likeness (QED) is 0.458. The van der Waals surface area contributed by atoms with Gasteiger partial charge >= 0.3 is 0 Å². The Hall–Kier alpha value is -2.45. The van der Waals surface area contributed by atoms with E-state index in [1.54, 1.807) is 17.7 Å². The van der Waals surface area contributed by atoms with Crippen LogP contribution in [-0.4, -0.2) is 62.2 Å². The number of fused-ring (bicyclic) bond motifs is 2. The maximum absolute atomic E-state index is 5.16. The van der Waals surface area contributed by atoms with Crippen molar-refractivity contribution < 1.29 is 0 Å². The molecule has 0 unspecified atom stereocenters. The number of hydrogen-bond donors (Lipinski definition) is 1. The van der Waals surface area contributed by atoms with Crippen molar-refractivity contribution in [3.8, 4) is 11.3 Å². The minimum Gasteiger partial charge on any atom is -0.347 e. The van der Waals surface area contributed by atoms with E-state index in [1.165, 1.54) is 52.4 Å². The second-order valence-corrected chi connectivity index (χ2v) is 12.0. The summed E-state index contributed by atoms with van der Waals surface area (Å²) in [4.78, 5) is 19.6. The van der Waals surface area contributed by atoms with Crippen molar-refractivity contribution in [1.29, 1.82) is 0 Å². The molecule has 0 aliphatic carbocycles. The minimum absolute atomic E-state index is 0.369. The van der Waals surface area contributed by atoms with Gasteiger partial charge in [-0.2, -0.15) is 5.10 Å². The lowest BCUT2D eigenvalue weighted by Crippen LogP contribution is -2.72. The Balaban J connectivity index is 1.31. The molecule has 0 aromatic carbocycles.